The lowest BCUT2D eigenvalue weighted by atomic mass is 10.1. The number of aryl methyl sites for hydroxylation is 2. The maximum atomic E-state index is 4.82. The lowest BCUT2D eigenvalue weighted by Gasteiger charge is -2.24. The predicted molar refractivity (Wildman–Crippen MR) is 145 cm³/mol. The number of guanidine groups is 1. The molecule has 1 atom stereocenters. The molecule has 3 N–H and O–H groups in total. The van der Waals surface area contributed by atoms with Gasteiger partial charge in [0.1, 0.15) is 12.4 Å². The topological polar surface area (TPSA) is 86.2 Å². The molecule has 1 aromatic carbocycles. The normalized spacial score (nSPS) is 16.8. The number of aromatic nitrogens is 4. The number of rotatable bonds is 8. The van der Waals surface area contributed by atoms with Crippen LogP contribution < -0.4 is 10.6 Å². The van der Waals surface area contributed by atoms with Gasteiger partial charge in [-0.1, -0.05) is 25.1 Å². The molecule has 180 valence electrons. The van der Waals surface area contributed by atoms with Crippen molar-refractivity contribution in [3.63, 3.8) is 0 Å². The van der Waals surface area contributed by atoms with Crippen LogP contribution in [0.4, 0.5) is 0 Å². The molecular weight excluding hydrogens is 527 g/mol. The molecule has 1 aliphatic heterocycles. The molecule has 0 radical (unpaired) electrons. The van der Waals surface area contributed by atoms with E-state index in [1.54, 1.807) is 0 Å². The molecule has 1 fully saturated rings. The molecule has 1 unspecified atom stereocenters. The third kappa shape index (κ3) is 6.06. The zero-order valence-electron chi connectivity index (χ0n) is 20.2. The SMILES string of the molecule is CCN1CCCC1CNC(=NCc1nnc(C)n1C)NCCc1c[nH]c2c(C)cccc12.I. The van der Waals surface area contributed by atoms with E-state index in [0.29, 0.717) is 12.6 Å². The van der Waals surface area contributed by atoms with Gasteiger partial charge in [-0.25, -0.2) is 4.99 Å². The summed E-state index contributed by atoms with van der Waals surface area (Å²) in [6.45, 7) is 10.9. The van der Waals surface area contributed by atoms with Crippen molar-refractivity contribution in [3.8, 4) is 0 Å². The zero-order chi connectivity index (χ0) is 22.5. The van der Waals surface area contributed by atoms with Crippen molar-refractivity contribution in [1.29, 1.82) is 0 Å². The summed E-state index contributed by atoms with van der Waals surface area (Å²) in [5.74, 6) is 2.60. The molecule has 33 heavy (non-hydrogen) atoms. The number of H-pyrrole nitrogens is 1. The Morgan fingerprint density at radius 2 is 2.09 bits per heavy atom. The maximum absolute atomic E-state index is 4.82. The first-order valence-electron chi connectivity index (χ1n) is 11.7. The van der Waals surface area contributed by atoms with Crippen molar-refractivity contribution in [2.24, 2.45) is 12.0 Å². The second kappa shape index (κ2) is 11.8. The summed E-state index contributed by atoms with van der Waals surface area (Å²) in [6, 6.07) is 7.03. The van der Waals surface area contributed by atoms with E-state index in [-0.39, 0.29) is 24.0 Å². The van der Waals surface area contributed by atoms with Gasteiger partial charge in [-0.3, -0.25) is 4.90 Å². The van der Waals surface area contributed by atoms with Crippen LogP contribution in [-0.2, 0) is 20.0 Å². The second-order valence-electron chi connectivity index (χ2n) is 8.68. The highest BCUT2D eigenvalue weighted by Crippen LogP contribution is 2.21. The number of aromatic amines is 1. The quantitative estimate of drug-likeness (QED) is 0.222. The molecule has 1 aliphatic rings. The van der Waals surface area contributed by atoms with Gasteiger partial charge in [0.05, 0.1) is 0 Å². The van der Waals surface area contributed by atoms with E-state index in [9.17, 15) is 0 Å². The van der Waals surface area contributed by atoms with Gasteiger partial charge < -0.3 is 20.2 Å². The number of para-hydroxylation sites is 1. The number of likely N-dealkylation sites (tertiary alicyclic amines) is 1. The van der Waals surface area contributed by atoms with Gasteiger partial charge in [0.15, 0.2) is 11.8 Å². The van der Waals surface area contributed by atoms with Gasteiger partial charge in [0, 0.05) is 43.3 Å². The van der Waals surface area contributed by atoms with Crippen molar-refractivity contribution in [2.45, 2.75) is 52.6 Å². The molecule has 2 aromatic heterocycles. The molecule has 3 aromatic rings. The number of nitrogens with one attached hydrogen (secondary N) is 3. The summed E-state index contributed by atoms with van der Waals surface area (Å²) < 4.78 is 1.99. The minimum absolute atomic E-state index is 0. The van der Waals surface area contributed by atoms with Crippen molar-refractivity contribution in [1.82, 2.24) is 35.3 Å². The van der Waals surface area contributed by atoms with Crippen LogP contribution in [0, 0.1) is 13.8 Å². The van der Waals surface area contributed by atoms with Crippen molar-refractivity contribution in [3.05, 3.63) is 47.2 Å². The fraction of sp³-hybridized carbons (Fsp3) is 0.542. The van der Waals surface area contributed by atoms with E-state index >= 15 is 0 Å². The fourth-order valence-corrected chi connectivity index (χ4v) is 4.56. The van der Waals surface area contributed by atoms with E-state index in [0.717, 1.165) is 43.7 Å². The summed E-state index contributed by atoms with van der Waals surface area (Å²) in [5, 5.41) is 16.8. The highest BCUT2D eigenvalue weighted by molar-refractivity contribution is 14.0. The van der Waals surface area contributed by atoms with Crippen LogP contribution in [-0.4, -0.2) is 62.8 Å². The molecule has 3 heterocycles. The van der Waals surface area contributed by atoms with Gasteiger partial charge in [0.2, 0.25) is 0 Å². The Bertz CT molecular complexity index is 1070. The standard InChI is InChI=1S/C24H36N8.HI/c1-5-32-13-7-9-20(32)15-27-24(28-16-22-30-29-18(3)31(22)4)25-12-11-19-14-26-23-17(2)8-6-10-21(19)23;/h6,8,10,14,20,26H,5,7,9,11-13,15-16H2,1-4H3,(H2,25,27,28);1H. The third-order valence-electron chi connectivity index (χ3n) is 6.67. The molecule has 0 spiro atoms. The number of nitrogens with zero attached hydrogens (tertiary/aromatic N) is 5. The number of halogens is 1. The highest BCUT2D eigenvalue weighted by Gasteiger charge is 2.22. The number of fused-ring (bicyclic) bond motifs is 1. The van der Waals surface area contributed by atoms with Crippen LogP contribution >= 0.6 is 24.0 Å². The zero-order valence-corrected chi connectivity index (χ0v) is 22.5. The van der Waals surface area contributed by atoms with Crippen LogP contribution in [0.25, 0.3) is 10.9 Å². The Morgan fingerprint density at radius 1 is 1.24 bits per heavy atom. The lowest BCUT2D eigenvalue weighted by molar-refractivity contribution is 0.267. The molecule has 0 bridgehead atoms. The second-order valence-corrected chi connectivity index (χ2v) is 8.68. The average molecular weight is 565 g/mol. The monoisotopic (exact) mass is 564 g/mol. The Hall–Kier alpha value is -2.14. The van der Waals surface area contributed by atoms with E-state index in [4.69, 9.17) is 4.99 Å². The van der Waals surface area contributed by atoms with E-state index in [1.165, 1.54) is 41.4 Å². The average Bonchev–Trinajstić information content (AvgIpc) is 3.50. The number of benzene rings is 1. The molecule has 4 rings (SSSR count). The molecular formula is C24H37IN8. The largest absolute Gasteiger partial charge is 0.361 e. The molecule has 1 saturated heterocycles. The number of aliphatic imine (C=N–C) groups is 1. The lowest BCUT2D eigenvalue weighted by Crippen LogP contribution is -2.45. The summed E-state index contributed by atoms with van der Waals surface area (Å²) in [4.78, 5) is 10.8. The van der Waals surface area contributed by atoms with Gasteiger partial charge in [-0.2, -0.15) is 0 Å². The highest BCUT2D eigenvalue weighted by atomic mass is 127. The van der Waals surface area contributed by atoms with Crippen molar-refractivity contribution < 1.29 is 0 Å². The molecule has 0 aliphatic carbocycles. The van der Waals surface area contributed by atoms with E-state index in [1.807, 2.05) is 18.5 Å². The fourth-order valence-electron chi connectivity index (χ4n) is 4.56. The van der Waals surface area contributed by atoms with Gasteiger partial charge in [0.25, 0.3) is 0 Å². The Morgan fingerprint density at radius 3 is 2.85 bits per heavy atom. The van der Waals surface area contributed by atoms with Crippen LogP contribution in [0.15, 0.2) is 29.4 Å². The molecule has 9 heteroatoms. The minimum atomic E-state index is 0. The molecule has 0 saturated carbocycles. The smallest absolute Gasteiger partial charge is 0.191 e. The Kier molecular flexibility index (Phi) is 9.13. The number of hydrogen-bond acceptors (Lipinski definition) is 4. The van der Waals surface area contributed by atoms with Crippen molar-refractivity contribution in [2.75, 3.05) is 26.2 Å². The van der Waals surface area contributed by atoms with Gasteiger partial charge in [-0.15, -0.1) is 34.2 Å². The molecule has 0 amide bonds. The summed E-state index contributed by atoms with van der Waals surface area (Å²) >= 11 is 0. The van der Waals surface area contributed by atoms with Crippen LogP contribution in [0.1, 0.15) is 42.5 Å². The first kappa shape index (κ1) is 25.5. The first-order chi connectivity index (χ1) is 15.6. The summed E-state index contributed by atoms with van der Waals surface area (Å²) in [6.07, 6.45) is 5.57. The van der Waals surface area contributed by atoms with Crippen LogP contribution in [0.3, 0.4) is 0 Å². The Labute approximate surface area is 213 Å². The first-order valence-corrected chi connectivity index (χ1v) is 11.7. The maximum Gasteiger partial charge on any atom is 0.191 e. The summed E-state index contributed by atoms with van der Waals surface area (Å²) in [7, 11) is 1.98. The third-order valence-corrected chi connectivity index (χ3v) is 6.67. The van der Waals surface area contributed by atoms with Gasteiger partial charge >= 0.3 is 0 Å². The number of hydrogen-bond donors (Lipinski definition) is 3. The Balaban J connectivity index is 0.00000306. The molecule has 8 nitrogen and oxygen atoms in total. The van der Waals surface area contributed by atoms with E-state index in [2.05, 4.69) is 69.0 Å². The van der Waals surface area contributed by atoms with Crippen molar-refractivity contribution >= 4 is 40.8 Å². The summed E-state index contributed by atoms with van der Waals surface area (Å²) in [5.41, 5.74) is 3.84. The van der Waals surface area contributed by atoms with E-state index < -0.39 is 0 Å². The number of likely N-dealkylation sites (N-methyl/N-ethyl adjacent to an activating group) is 1. The van der Waals surface area contributed by atoms with Gasteiger partial charge in [-0.05, 0) is 57.3 Å². The van der Waals surface area contributed by atoms with Crippen LogP contribution in [0.2, 0.25) is 0 Å². The minimum Gasteiger partial charge on any atom is -0.361 e. The predicted octanol–water partition coefficient (Wildman–Crippen LogP) is 3.29. The van der Waals surface area contributed by atoms with Crippen LogP contribution in [0.5, 0.6) is 0 Å².